The van der Waals surface area contributed by atoms with Gasteiger partial charge in [-0.25, -0.2) is 8.78 Å². The van der Waals surface area contributed by atoms with Gasteiger partial charge in [-0.1, -0.05) is 6.07 Å². The third-order valence-electron chi connectivity index (χ3n) is 1.69. The molecule has 1 aromatic rings. The van der Waals surface area contributed by atoms with Gasteiger partial charge in [-0.2, -0.15) is 4.39 Å². The van der Waals surface area contributed by atoms with Crippen molar-refractivity contribution in [3.05, 3.63) is 23.8 Å². The molecule has 1 rings (SSSR count). The normalized spacial score (nSPS) is 10.2. The van der Waals surface area contributed by atoms with Gasteiger partial charge in [0, 0.05) is 5.46 Å². The average Bonchev–Trinajstić information content (AvgIpc) is 2.20. The van der Waals surface area contributed by atoms with Crippen molar-refractivity contribution in [2.75, 3.05) is 13.3 Å². The minimum absolute atomic E-state index is 0.391. The third kappa shape index (κ3) is 2.63. The first-order chi connectivity index (χ1) is 7.07. The fourth-order valence-corrected chi connectivity index (χ4v) is 1.01. The molecule has 0 aliphatic rings. The molecule has 0 radical (unpaired) electrons. The monoisotopic (exact) mass is 220 g/mol. The Kier molecular flexibility index (Phi) is 3.99. The minimum atomic E-state index is -2.10. The quantitative estimate of drug-likeness (QED) is 0.701. The molecule has 0 bridgehead atoms. The second-order valence-electron chi connectivity index (χ2n) is 2.69. The molecular formula is C8H8BF3O3. The summed E-state index contributed by atoms with van der Waals surface area (Å²) in [5.41, 5.74) is -0.597. The van der Waals surface area contributed by atoms with Crippen LogP contribution < -0.4 is 10.2 Å². The van der Waals surface area contributed by atoms with E-state index in [1.165, 1.54) is 0 Å². The van der Waals surface area contributed by atoms with Crippen molar-refractivity contribution in [1.29, 1.82) is 0 Å². The molecule has 15 heavy (non-hydrogen) atoms. The fraction of sp³-hybridized carbons (Fsp3) is 0.250. The lowest BCUT2D eigenvalue weighted by atomic mass is 9.80. The standard InChI is InChI=1S/C8H8BF3O3/c10-3-4-15-6-2-1-5(9(13)14)7(11)8(6)12/h1-2,13-14H,3-4H2. The van der Waals surface area contributed by atoms with Crippen LogP contribution in [0.4, 0.5) is 13.2 Å². The Labute approximate surface area is 84.3 Å². The van der Waals surface area contributed by atoms with E-state index in [-0.39, 0.29) is 0 Å². The van der Waals surface area contributed by atoms with Gasteiger partial charge in [-0.3, -0.25) is 0 Å². The minimum Gasteiger partial charge on any atom is -0.488 e. The van der Waals surface area contributed by atoms with Crippen LogP contribution in [0.3, 0.4) is 0 Å². The maximum absolute atomic E-state index is 13.1. The Balaban J connectivity index is 2.99. The molecule has 7 heteroatoms. The molecule has 0 atom stereocenters. The van der Waals surface area contributed by atoms with Crippen molar-refractivity contribution in [2.45, 2.75) is 0 Å². The van der Waals surface area contributed by atoms with Crippen LogP contribution in [0.15, 0.2) is 12.1 Å². The highest BCUT2D eigenvalue weighted by atomic mass is 19.2. The van der Waals surface area contributed by atoms with E-state index in [0.29, 0.717) is 0 Å². The average molecular weight is 220 g/mol. The van der Waals surface area contributed by atoms with Crippen molar-refractivity contribution in [1.82, 2.24) is 0 Å². The highest BCUT2D eigenvalue weighted by Crippen LogP contribution is 2.18. The summed E-state index contributed by atoms with van der Waals surface area (Å²) in [5, 5.41) is 17.3. The van der Waals surface area contributed by atoms with Crippen molar-refractivity contribution in [3.63, 3.8) is 0 Å². The largest absolute Gasteiger partial charge is 0.491 e. The molecule has 0 unspecified atom stereocenters. The number of benzene rings is 1. The molecule has 0 amide bonds. The van der Waals surface area contributed by atoms with Crippen molar-refractivity contribution >= 4 is 12.6 Å². The van der Waals surface area contributed by atoms with E-state index in [4.69, 9.17) is 10.0 Å². The van der Waals surface area contributed by atoms with Gasteiger partial charge < -0.3 is 14.8 Å². The van der Waals surface area contributed by atoms with Crippen molar-refractivity contribution in [3.8, 4) is 5.75 Å². The molecule has 0 fully saturated rings. The van der Waals surface area contributed by atoms with Crippen LogP contribution in [0.25, 0.3) is 0 Å². The van der Waals surface area contributed by atoms with Gasteiger partial charge in [-0.05, 0) is 6.07 Å². The third-order valence-corrected chi connectivity index (χ3v) is 1.69. The molecule has 2 N–H and O–H groups in total. The van der Waals surface area contributed by atoms with Gasteiger partial charge in [0.05, 0.1) is 0 Å². The molecule has 82 valence electrons. The van der Waals surface area contributed by atoms with Crippen LogP contribution in [0, 0.1) is 11.6 Å². The van der Waals surface area contributed by atoms with Gasteiger partial charge in [0.1, 0.15) is 13.3 Å². The van der Waals surface area contributed by atoms with Crippen LogP contribution in [-0.2, 0) is 0 Å². The van der Waals surface area contributed by atoms with Crippen LogP contribution in [0.1, 0.15) is 0 Å². The van der Waals surface area contributed by atoms with E-state index in [1.807, 2.05) is 0 Å². The summed E-state index contributed by atoms with van der Waals surface area (Å²) in [6.45, 7) is -1.22. The first kappa shape index (κ1) is 11.9. The molecule has 0 aromatic heterocycles. The zero-order valence-corrected chi connectivity index (χ0v) is 7.58. The topological polar surface area (TPSA) is 49.7 Å². The molecule has 0 heterocycles. The molecule has 0 aliphatic heterocycles. The second-order valence-corrected chi connectivity index (χ2v) is 2.69. The fourth-order valence-electron chi connectivity index (χ4n) is 1.01. The molecule has 0 spiro atoms. The van der Waals surface area contributed by atoms with Crippen molar-refractivity contribution in [2.24, 2.45) is 0 Å². The van der Waals surface area contributed by atoms with E-state index in [2.05, 4.69) is 4.74 Å². The SMILES string of the molecule is OB(O)c1ccc(OCCF)c(F)c1F. The maximum atomic E-state index is 13.1. The van der Waals surface area contributed by atoms with E-state index in [0.717, 1.165) is 12.1 Å². The zero-order chi connectivity index (χ0) is 11.4. The molecule has 0 aliphatic carbocycles. The maximum Gasteiger partial charge on any atom is 0.491 e. The summed E-state index contributed by atoms with van der Waals surface area (Å²) in [7, 11) is -2.10. The van der Waals surface area contributed by atoms with Crippen LogP contribution >= 0.6 is 0 Å². The first-order valence-electron chi connectivity index (χ1n) is 4.10. The summed E-state index contributed by atoms with van der Waals surface area (Å²) in [5.74, 6) is -3.25. The number of rotatable bonds is 4. The van der Waals surface area contributed by atoms with Gasteiger partial charge in [-0.15, -0.1) is 0 Å². The van der Waals surface area contributed by atoms with Gasteiger partial charge in [0.15, 0.2) is 17.4 Å². The van der Waals surface area contributed by atoms with Crippen molar-refractivity contribution < 1.29 is 28.0 Å². The summed E-state index contributed by atoms with van der Waals surface area (Å²) in [6, 6.07) is 1.96. The molecule has 0 saturated carbocycles. The van der Waals surface area contributed by atoms with Gasteiger partial charge in [0.2, 0.25) is 0 Å². The highest BCUT2D eigenvalue weighted by Gasteiger charge is 2.22. The predicted molar refractivity (Wildman–Crippen MR) is 47.7 cm³/mol. The van der Waals surface area contributed by atoms with Crippen LogP contribution in [0.5, 0.6) is 5.75 Å². The van der Waals surface area contributed by atoms with E-state index < -0.39 is 43.2 Å². The summed E-state index contributed by atoms with van der Waals surface area (Å²) in [6.07, 6.45) is 0. The van der Waals surface area contributed by atoms with Crippen LogP contribution in [-0.4, -0.2) is 30.4 Å². The van der Waals surface area contributed by atoms with Gasteiger partial charge >= 0.3 is 7.12 Å². The Morgan fingerprint density at radius 1 is 1.20 bits per heavy atom. The number of ether oxygens (including phenoxy) is 1. The Hall–Kier alpha value is -1.21. The Bertz CT molecular complexity index is 346. The smallest absolute Gasteiger partial charge is 0.488 e. The molecule has 0 saturated heterocycles. The summed E-state index contributed by atoms with van der Waals surface area (Å²) < 4.78 is 42.4. The number of hydrogen-bond acceptors (Lipinski definition) is 3. The predicted octanol–water partition coefficient (Wildman–Crippen LogP) is -0.00710. The molecule has 1 aromatic carbocycles. The molecule has 3 nitrogen and oxygen atoms in total. The van der Waals surface area contributed by atoms with Crippen LogP contribution in [0.2, 0.25) is 0 Å². The lowest BCUT2D eigenvalue weighted by Crippen LogP contribution is -2.33. The molecular weight excluding hydrogens is 212 g/mol. The summed E-state index contributed by atoms with van der Waals surface area (Å²) in [4.78, 5) is 0. The lowest BCUT2D eigenvalue weighted by Gasteiger charge is -2.08. The summed E-state index contributed by atoms with van der Waals surface area (Å²) >= 11 is 0. The number of hydrogen-bond donors (Lipinski definition) is 2. The van der Waals surface area contributed by atoms with Gasteiger partial charge in [0.25, 0.3) is 0 Å². The number of halogens is 3. The lowest BCUT2D eigenvalue weighted by molar-refractivity contribution is 0.259. The van der Waals surface area contributed by atoms with E-state index >= 15 is 0 Å². The highest BCUT2D eigenvalue weighted by molar-refractivity contribution is 6.58. The van der Waals surface area contributed by atoms with E-state index in [1.54, 1.807) is 0 Å². The Morgan fingerprint density at radius 3 is 2.40 bits per heavy atom. The Morgan fingerprint density at radius 2 is 1.87 bits per heavy atom. The first-order valence-corrected chi connectivity index (χ1v) is 4.10. The van der Waals surface area contributed by atoms with E-state index in [9.17, 15) is 13.2 Å². The zero-order valence-electron chi connectivity index (χ0n) is 7.58. The number of alkyl halides is 1. The second kappa shape index (κ2) is 5.04.